The number of benzene rings is 1. The fourth-order valence-electron chi connectivity index (χ4n) is 2.11. The molecule has 0 N–H and O–H groups in total. The number of aromatic nitrogens is 2. The van der Waals surface area contributed by atoms with Gasteiger partial charge in [-0.3, -0.25) is 9.59 Å². The van der Waals surface area contributed by atoms with Crippen molar-refractivity contribution >= 4 is 23.3 Å². The fraction of sp³-hybridized carbons (Fsp3) is 0.294. The van der Waals surface area contributed by atoms with Crippen LogP contribution in [0.2, 0.25) is 0 Å². The first-order valence-electron chi connectivity index (χ1n) is 7.20. The highest BCUT2D eigenvalue weighted by atomic mass is 32.2. The van der Waals surface area contributed by atoms with Gasteiger partial charge in [0.05, 0.1) is 19.9 Å². The van der Waals surface area contributed by atoms with Gasteiger partial charge in [0.15, 0.2) is 11.6 Å². The average Bonchev–Trinajstić information content (AvgIpc) is 2.59. The molecule has 0 amide bonds. The molecule has 0 saturated carbocycles. The third kappa shape index (κ3) is 4.11. The minimum Gasteiger partial charge on any atom is -0.497 e. The SMILES string of the molecule is COc1ccc(OC)c(-c2ccc(SC(C(C)=O)C(C)=O)nn2)c1. The minimum absolute atomic E-state index is 0.201. The van der Waals surface area contributed by atoms with Crippen molar-refractivity contribution in [3.8, 4) is 22.8 Å². The van der Waals surface area contributed by atoms with Crippen LogP contribution in [-0.2, 0) is 9.59 Å². The predicted molar refractivity (Wildman–Crippen MR) is 91.6 cm³/mol. The number of rotatable bonds is 7. The van der Waals surface area contributed by atoms with Crippen molar-refractivity contribution in [2.75, 3.05) is 14.2 Å². The molecule has 0 fully saturated rings. The summed E-state index contributed by atoms with van der Waals surface area (Å²) in [6.45, 7) is 2.78. The van der Waals surface area contributed by atoms with Gasteiger partial charge in [0.1, 0.15) is 21.8 Å². The maximum Gasteiger partial charge on any atom is 0.150 e. The predicted octanol–water partition coefficient (Wildman–Crippen LogP) is 2.80. The molecule has 0 aliphatic rings. The van der Waals surface area contributed by atoms with Crippen LogP contribution in [-0.4, -0.2) is 41.2 Å². The lowest BCUT2D eigenvalue weighted by molar-refractivity contribution is -0.123. The molecule has 126 valence electrons. The second-order valence-corrected chi connectivity index (χ2v) is 6.17. The highest BCUT2D eigenvalue weighted by molar-refractivity contribution is 8.01. The second kappa shape index (κ2) is 7.92. The Morgan fingerprint density at radius 3 is 2.21 bits per heavy atom. The minimum atomic E-state index is -0.753. The molecule has 1 aromatic carbocycles. The first kappa shape index (κ1) is 17.9. The van der Waals surface area contributed by atoms with E-state index in [0.29, 0.717) is 22.2 Å². The Hall–Kier alpha value is -2.41. The largest absolute Gasteiger partial charge is 0.497 e. The van der Waals surface area contributed by atoms with E-state index in [0.717, 1.165) is 17.3 Å². The van der Waals surface area contributed by atoms with Gasteiger partial charge >= 0.3 is 0 Å². The molecule has 2 aromatic rings. The molecule has 0 atom stereocenters. The van der Waals surface area contributed by atoms with Crippen molar-refractivity contribution in [1.82, 2.24) is 10.2 Å². The summed E-state index contributed by atoms with van der Waals surface area (Å²) < 4.78 is 10.6. The van der Waals surface area contributed by atoms with E-state index in [1.54, 1.807) is 38.5 Å². The van der Waals surface area contributed by atoms with Gasteiger partial charge in [0.2, 0.25) is 0 Å². The lowest BCUT2D eigenvalue weighted by Gasteiger charge is -2.11. The number of hydrogen-bond acceptors (Lipinski definition) is 7. The lowest BCUT2D eigenvalue weighted by Crippen LogP contribution is -2.22. The van der Waals surface area contributed by atoms with E-state index in [-0.39, 0.29) is 11.6 Å². The molecule has 1 heterocycles. The third-order valence-electron chi connectivity index (χ3n) is 3.30. The van der Waals surface area contributed by atoms with Crippen molar-refractivity contribution in [2.24, 2.45) is 0 Å². The first-order chi connectivity index (χ1) is 11.5. The number of thioether (sulfide) groups is 1. The number of carbonyl (C=O) groups excluding carboxylic acids is 2. The van der Waals surface area contributed by atoms with E-state index in [4.69, 9.17) is 9.47 Å². The van der Waals surface area contributed by atoms with Gasteiger partial charge in [0.25, 0.3) is 0 Å². The zero-order valence-corrected chi connectivity index (χ0v) is 14.7. The van der Waals surface area contributed by atoms with E-state index in [1.165, 1.54) is 13.8 Å². The fourth-order valence-corrected chi connectivity index (χ4v) is 2.92. The van der Waals surface area contributed by atoms with E-state index in [2.05, 4.69) is 10.2 Å². The Morgan fingerprint density at radius 1 is 1.00 bits per heavy atom. The quantitative estimate of drug-likeness (QED) is 0.563. The standard InChI is InChI=1S/C17H18N2O4S/c1-10(20)17(11(2)21)24-16-8-6-14(18-19-16)13-9-12(22-3)5-7-15(13)23-4/h5-9,17H,1-4H3. The maximum atomic E-state index is 11.5. The van der Waals surface area contributed by atoms with E-state index in [9.17, 15) is 9.59 Å². The van der Waals surface area contributed by atoms with Crippen molar-refractivity contribution in [1.29, 1.82) is 0 Å². The number of Topliss-reactive ketones (excluding diaryl/α,β-unsaturated/α-hetero) is 2. The zero-order chi connectivity index (χ0) is 17.7. The highest BCUT2D eigenvalue weighted by Gasteiger charge is 2.21. The van der Waals surface area contributed by atoms with Crippen molar-refractivity contribution in [3.05, 3.63) is 30.3 Å². The van der Waals surface area contributed by atoms with Crippen LogP contribution >= 0.6 is 11.8 Å². The molecule has 0 spiro atoms. The summed E-state index contributed by atoms with van der Waals surface area (Å²) in [5, 5.41) is 8.04. The van der Waals surface area contributed by atoms with Crippen LogP contribution in [0.1, 0.15) is 13.8 Å². The summed E-state index contributed by atoms with van der Waals surface area (Å²) in [4.78, 5) is 23.0. The summed E-state index contributed by atoms with van der Waals surface area (Å²) in [5.41, 5.74) is 1.35. The molecule has 0 bridgehead atoms. The van der Waals surface area contributed by atoms with Crippen molar-refractivity contribution in [3.63, 3.8) is 0 Å². The van der Waals surface area contributed by atoms with Gasteiger partial charge in [-0.15, -0.1) is 10.2 Å². The average molecular weight is 346 g/mol. The second-order valence-electron chi connectivity index (χ2n) is 5.04. The molecule has 0 aliphatic heterocycles. The Bertz CT molecular complexity index is 733. The van der Waals surface area contributed by atoms with Gasteiger partial charge in [-0.05, 0) is 44.2 Å². The normalized spacial score (nSPS) is 10.5. The summed E-state index contributed by atoms with van der Waals surface area (Å²) in [7, 11) is 3.16. The van der Waals surface area contributed by atoms with Crippen LogP contribution < -0.4 is 9.47 Å². The van der Waals surface area contributed by atoms with Crippen LogP contribution in [0, 0.1) is 0 Å². The van der Waals surface area contributed by atoms with Crippen LogP contribution in [0.4, 0.5) is 0 Å². The van der Waals surface area contributed by atoms with Crippen LogP contribution in [0.25, 0.3) is 11.3 Å². The number of nitrogens with zero attached hydrogens (tertiary/aromatic N) is 2. The Kier molecular flexibility index (Phi) is 5.92. The smallest absolute Gasteiger partial charge is 0.150 e. The van der Waals surface area contributed by atoms with Crippen molar-refractivity contribution < 1.29 is 19.1 Å². The molecule has 1 aromatic heterocycles. The third-order valence-corrected chi connectivity index (χ3v) is 4.66. The van der Waals surface area contributed by atoms with Crippen molar-refractivity contribution in [2.45, 2.75) is 24.1 Å². The Balaban J connectivity index is 2.29. The molecule has 0 radical (unpaired) electrons. The summed E-state index contributed by atoms with van der Waals surface area (Å²) >= 11 is 1.10. The summed E-state index contributed by atoms with van der Waals surface area (Å²) in [6.07, 6.45) is 0. The summed E-state index contributed by atoms with van der Waals surface area (Å²) in [5.74, 6) is 0.927. The molecule has 24 heavy (non-hydrogen) atoms. The molecule has 0 aliphatic carbocycles. The lowest BCUT2D eigenvalue weighted by atomic mass is 10.1. The molecule has 6 nitrogen and oxygen atoms in total. The van der Waals surface area contributed by atoms with Gasteiger partial charge in [-0.1, -0.05) is 11.8 Å². The Labute approximate surface area is 144 Å². The van der Waals surface area contributed by atoms with Gasteiger partial charge in [-0.25, -0.2) is 0 Å². The number of hydrogen-bond donors (Lipinski definition) is 0. The van der Waals surface area contributed by atoms with Gasteiger partial charge in [0, 0.05) is 5.56 Å². The maximum absolute atomic E-state index is 11.5. The molecule has 2 rings (SSSR count). The van der Waals surface area contributed by atoms with Crippen LogP contribution in [0.5, 0.6) is 11.5 Å². The monoisotopic (exact) mass is 346 g/mol. The van der Waals surface area contributed by atoms with Crippen LogP contribution in [0.15, 0.2) is 35.4 Å². The van der Waals surface area contributed by atoms with Crippen LogP contribution in [0.3, 0.4) is 0 Å². The highest BCUT2D eigenvalue weighted by Crippen LogP contribution is 2.32. The topological polar surface area (TPSA) is 78.4 Å². The molecule has 0 unspecified atom stereocenters. The zero-order valence-electron chi connectivity index (χ0n) is 13.9. The first-order valence-corrected chi connectivity index (χ1v) is 8.08. The van der Waals surface area contributed by atoms with E-state index < -0.39 is 5.25 Å². The number of methoxy groups -OCH3 is 2. The number of ketones is 2. The number of carbonyl (C=O) groups is 2. The van der Waals surface area contributed by atoms with E-state index >= 15 is 0 Å². The van der Waals surface area contributed by atoms with Gasteiger partial charge in [-0.2, -0.15) is 0 Å². The number of ether oxygens (including phenoxy) is 2. The molecular formula is C17H18N2O4S. The van der Waals surface area contributed by atoms with Gasteiger partial charge < -0.3 is 9.47 Å². The Morgan fingerprint density at radius 2 is 1.71 bits per heavy atom. The summed E-state index contributed by atoms with van der Waals surface area (Å²) in [6, 6.07) is 8.89. The molecule has 7 heteroatoms. The molecule has 0 saturated heterocycles. The molecular weight excluding hydrogens is 328 g/mol. The van der Waals surface area contributed by atoms with E-state index in [1.807, 2.05) is 6.07 Å².